The summed E-state index contributed by atoms with van der Waals surface area (Å²) in [5, 5.41) is 15.2. The zero-order valence-corrected chi connectivity index (χ0v) is 16.1. The molecule has 0 radical (unpaired) electrons. The van der Waals surface area contributed by atoms with Crippen molar-refractivity contribution in [3.8, 4) is 11.3 Å². The van der Waals surface area contributed by atoms with Crippen LogP contribution >= 0.6 is 0 Å². The molecule has 0 atom stereocenters. The molecule has 0 fully saturated rings. The summed E-state index contributed by atoms with van der Waals surface area (Å²) in [6.45, 7) is 3.36. The Morgan fingerprint density at radius 2 is 2.03 bits per heavy atom. The number of carbonyl (C=O) groups is 2. The fourth-order valence-corrected chi connectivity index (χ4v) is 3.29. The molecule has 0 saturated carbocycles. The average molecular weight is 391 g/mol. The number of nitrogens with one attached hydrogen (secondary N) is 1. The number of amides is 2. The summed E-state index contributed by atoms with van der Waals surface area (Å²) in [5.41, 5.74) is 2.40. The molecule has 9 nitrogen and oxygen atoms in total. The summed E-state index contributed by atoms with van der Waals surface area (Å²) in [6, 6.07) is 9.05. The molecule has 4 heterocycles. The van der Waals surface area contributed by atoms with E-state index in [0.717, 1.165) is 30.0 Å². The molecule has 148 valence electrons. The Morgan fingerprint density at radius 1 is 1.14 bits per heavy atom. The fourth-order valence-electron chi connectivity index (χ4n) is 3.29. The SMILES string of the molecule is Cc1cc2n(n1)CCCN2C(=O)CCC(=O)Nc1ccc(-c2cccnc2)nn1. The van der Waals surface area contributed by atoms with Crippen LogP contribution in [0.4, 0.5) is 11.6 Å². The number of hydrogen-bond acceptors (Lipinski definition) is 6. The first-order valence-corrected chi connectivity index (χ1v) is 9.49. The first-order valence-electron chi connectivity index (χ1n) is 9.49. The molecule has 1 N–H and O–H groups in total. The van der Waals surface area contributed by atoms with Gasteiger partial charge < -0.3 is 5.32 Å². The lowest BCUT2D eigenvalue weighted by atomic mass is 10.2. The van der Waals surface area contributed by atoms with Crippen LogP contribution in [0.1, 0.15) is 25.0 Å². The second kappa shape index (κ2) is 8.17. The van der Waals surface area contributed by atoms with E-state index in [1.54, 1.807) is 29.4 Å². The third-order valence-electron chi connectivity index (χ3n) is 4.67. The number of pyridine rings is 1. The minimum atomic E-state index is -0.275. The molecule has 0 bridgehead atoms. The number of anilines is 2. The summed E-state index contributed by atoms with van der Waals surface area (Å²) >= 11 is 0. The molecule has 0 unspecified atom stereocenters. The van der Waals surface area contributed by atoms with Crippen LogP contribution in [0.3, 0.4) is 0 Å². The molecule has 0 spiro atoms. The van der Waals surface area contributed by atoms with Crippen molar-refractivity contribution in [1.82, 2.24) is 25.0 Å². The van der Waals surface area contributed by atoms with Crippen LogP contribution in [0, 0.1) is 6.92 Å². The van der Waals surface area contributed by atoms with Crippen molar-refractivity contribution in [2.24, 2.45) is 0 Å². The van der Waals surface area contributed by atoms with Crippen LogP contribution in [0.5, 0.6) is 0 Å². The van der Waals surface area contributed by atoms with Gasteiger partial charge in [0.1, 0.15) is 5.82 Å². The van der Waals surface area contributed by atoms with Crippen molar-refractivity contribution in [1.29, 1.82) is 0 Å². The highest BCUT2D eigenvalue weighted by atomic mass is 16.2. The molecule has 2 amide bonds. The standard InChI is InChI=1S/C20H21N7O2/c1-14-12-19-26(10-3-11-27(19)25-14)20(29)8-7-18(28)22-17-6-5-16(23-24-17)15-4-2-9-21-13-15/h2,4-6,9,12-13H,3,7-8,10-11H2,1H3,(H,22,24,28). The third kappa shape index (κ3) is 4.29. The molecule has 3 aromatic rings. The topological polar surface area (TPSA) is 106 Å². The number of nitrogens with zero attached hydrogens (tertiary/aromatic N) is 6. The van der Waals surface area contributed by atoms with Crippen LogP contribution in [0.2, 0.25) is 0 Å². The normalized spacial score (nSPS) is 13.1. The molecule has 0 aliphatic carbocycles. The molecule has 0 saturated heterocycles. The average Bonchev–Trinajstić information content (AvgIpc) is 3.13. The monoisotopic (exact) mass is 391 g/mol. The van der Waals surface area contributed by atoms with Crippen LogP contribution in [0.25, 0.3) is 11.3 Å². The van der Waals surface area contributed by atoms with E-state index in [2.05, 4.69) is 25.6 Å². The lowest BCUT2D eigenvalue weighted by Gasteiger charge is -2.27. The molecular weight excluding hydrogens is 370 g/mol. The molecular formula is C20H21N7O2. The largest absolute Gasteiger partial charge is 0.309 e. The van der Waals surface area contributed by atoms with Crippen molar-refractivity contribution < 1.29 is 9.59 Å². The van der Waals surface area contributed by atoms with Gasteiger partial charge in [0.25, 0.3) is 0 Å². The smallest absolute Gasteiger partial charge is 0.228 e. The first-order chi connectivity index (χ1) is 14.1. The van der Waals surface area contributed by atoms with Gasteiger partial charge in [0, 0.05) is 50.0 Å². The van der Waals surface area contributed by atoms with E-state index < -0.39 is 0 Å². The van der Waals surface area contributed by atoms with Gasteiger partial charge in [-0.25, -0.2) is 4.68 Å². The van der Waals surface area contributed by atoms with Gasteiger partial charge >= 0.3 is 0 Å². The number of hydrogen-bond donors (Lipinski definition) is 1. The Balaban J connectivity index is 1.32. The zero-order valence-electron chi connectivity index (χ0n) is 16.1. The van der Waals surface area contributed by atoms with Crippen LogP contribution < -0.4 is 10.2 Å². The Labute approximate surface area is 167 Å². The summed E-state index contributed by atoms with van der Waals surface area (Å²) in [7, 11) is 0. The summed E-state index contributed by atoms with van der Waals surface area (Å²) in [4.78, 5) is 30.6. The maximum absolute atomic E-state index is 12.6. The van der Waals surface area contributed by atoms with E-state index in [0.29, 0.717) is 18.1 Å². The Kier molecular flexibility index (Phi) is 5.28. The molecule has 4 rings (SSSR count). The van der Waals surface area contributed by atoms with E-state index >= 15 is 0 Å². The van der Waals surface area contributed by atoms with E-state index in [9.17, 15) is 9.59 Å². The molecule has 9 heteroatoms. The second-order valence-corrected chi connectivity index (χ2v) is 6.86. The van der Waals surface area contributed by atoms with E-state index in [-0.39, 0.29) is 24.7 Å². The number of fused-ring (bicyclic) bond motifs is 1. The summed E-state index contributed by atoms with van der Waals surface area (Å²) < 4.78 is 1.84. The molecule has 1 aliphatic rings. The molecule has 1 aliphatic heterocycles. The van der Waals surface area contributed by atoms with E-state index in [1.165, 1.54) is 0 Å². The predicted octanol–water partition coefficient (Wildman–Crippen LogP) is 2.20. The van der Waals surface area contributed by atoms with E-state index in [1.807, 2.05) is 29.8 Å². The number of rotatable bonds is 5. The minimum Gasteiger partial charge on any atom is -0.309 e. The molecule has 0 aromatic carbocycles. The van der Waals surface area contributed by atoms with Crippen LogP contribution in [0.15, 0.2) is 42.7 Å². The Morgan fingerprint density at radius 3 is 2.79 bits per heavy atom. The Hall–Kier alpha value is -3.62. The fraction of sp³-hybridized carbons (Fsp3) is 0.300. The second-order valence-electron chi connectivity index (χ2n) is 6.86. The summed E-state index contributed by atoms with van der Waals surface area (Å²) in [6.07, 6.45) is 4.43. The van der Waals surface area contributed by atoms with Crippen molar-refractivity contribution in [3.05, 3.63) is 48.4 Å². The number of aromatic nitrogens is 5. The highest BCUT2D eigenvalue weighted by Gasteiger charge is 2.24. The maximum atomic E-state index is 12.6. The maximum Gasteiger partial charge on any atom is 0.228 e. The van der Waals surface area contributed by atoms with Crippen LogP contribution in [-0.4, -0.2) is 43.3 Å². The Bertz CT molecular complexity index is 1020. The zero-order chi connectivity index (χ0) is 20.2. The van der Waals surface area contributed by atoms with Gasteiger partial charge in [-0.15, -0.1) is 10.2 Å². The van der Waals surface area contributed by atoms with Crippen molar-refractivity contribution >= 4 is 23.5 Å². The lowest BCUT2D eigenvalue weighted by molar-refractivity contribution is -0.122. The van der Waals surface area contributed by atoms with E-state index in [4.69, 9.17) is 0 Å². The number of aryl methyl sites for hydroxylation is 2. The van der Waals surface area contributed by atoms with Gasteiger partial charge in [-0.2, -0.15) is 5.10 Å². The van der Waals surface area contributed by atoms with Gasteiger partial charge in [0.15, 0.2) is 5.82 Å². The van der Waals surface area contributed by atoms with Gasteiger partial charge in [-0.05, 0) is 37.6 Å². The number of carbonyl (C=O) groups excluding carboxylic acids is 2. The van der Waals surface area contributed by atoms with Gasteiger partial charge in [0.05, 0.1) is 11.4 Å². The van der Waals surface area contributed by atoms with Crippen molar-refractivity contribution in [3.63, 3.8) is 0 Å². The summed E-state index contributed by atoms with van der Waals surface area (Å²) in [5.74, 6) is 0.792. The van der Waals surface area contributed by atoms with Gasteiger partial charge in [0.2, 0.25) is 11.8 Å². The van der Waals surface area contributed by atoms with Gasteiger partial charge in [-0.3, -0.25) is 19.5 Å². The van der Waals surface area contributed by atoms with Crippen molar-refractivity contribution in [2.45, 2.75) is 32.7 Å². The highest BCUT2D eigenvalue weighted by molar-refractivity contribution is 5.97. The van der Waals surface area contributed by atoms with Crippen molar-refractivity contribution in [2.75, 3.05) is 16.8 Å². The van der Waals surface area contributed by atoms with Crippen LogP contribution in [-0.2, 0) is 16.1 Å². The third-order valence-corrected chi connectivity index (χ3v) is 4.67. The lowest BCUT2D eigenvalue weighted by Crippen LogP contribution is -2.37. The molecule has 29 heavy (non-hydrogen) atoms. The van der Waals surface area contributed by atoms with Gasteiger partial charge in [-0.1, -0.05) is 0 Å². The highest BCUT2D eigenvalue weighted by Crippen LogP contribution is 2.22. The molecule has 3 aromatic heterocycles. The predicted molar refractivity (Wildman–Crippen MR) is 107 cm³/mol. The quantitative estimate of drug-likeness (QED) is 0.715. The minimum absolute atomic E-state index is 0.0779. The first kappa shape index (κ1) is 18.7.